The Morgan fingerprint density at radius 1 is 1.12 bits per heavy atom. The smallest absolute Gasteiger partial charge is 0.325 e. The van der Waals surface area contributed by atoms with E-state index in [1.165, 1.54) is 4.57 Å². The van der Waals surface area contributed by atoms with Crippen LogP contribution in [-0.2, 0) is 11.3 Å². The molecule has 2 aromatic carbocycles. The molecule has 0 atom stereocenters. The van der Waals surface area contributed by atoms with E-state index in [1.54, 1.807) is 42.5 Å². The van der Waals surface area contributed by atoms with E-state index in [-0.39, 0.29) is 24.5 Å². The second-order valence-corrected chi connectivity index (χ2v) is 8.39. The van der Waals surface area contributed by atoms with Gasteiger partial charge >= 0.3 is 6.03 Å². The molecule has 0 spiro atoms. The Kier molecular flexibility index (Phi) is 7.65. The quantitative estimate of drug-likeness (QED) is 0.344. The number of benzene rings is 2. The van der Waals surface area contributed by atoms with Crippen LogP contribution in [0.2, 0.25) is 0 Å². The summed E-state index contributed by atoms with van der Waals surface area (Å²) in [5.74, 6) is 0.456. The normalized spacial score (nSPS) is 12.7. The molecule has 10 nitrogen and oxygen atoms in total. The molecule has 0 saturated heterocycles. The average molecular weight is 485 g/mol. The Labute approximate surface area is 199 Å². The number of amides is 3. The predicted octanol–water partition coefficient (Wildman–Crippen LogP) is 2.38. The molecule has 1 aliphatic heterocycles. The SMILES string of the molecule is O=C(CSc1nc2ccccc2c(=O)n1CCCO)NC(=O)Nc1ccc2c(c1)OCCCO2. The van der Waals surface area contributed by atoms with Crippen LogP contribution >= 0.6 is 11.8 Å². The number of imide groups is 1. The van der Waals surface area contributed by atoms with E-state index < -0.39 is 11.9 Å². The number of urea groups is 1. The monoisotopic (exact) mass is 484 g/mol. The summed E-state index contributed by atoms with van der Waals surface area (Å²) in [5.41, 5.74) is 0.730. The first kappa shape index (κ1) is 23.6. The van der Waals surface area contributed by atoms with Gasteiger partial charge in [-0.1, -0.05) is 23.9 Å². The van der Waals surface area contributed by atoms with Crippen molar-refractivity contribution in [3.8, 4) is 11.5 Å². The molecule has 3 amide bonds. The first-order valence-corrected chi connectivity index (χ1v) is 11.8. The van der Waals surface area contributed by atoms with Crippen molar-refractivity contribution >= 4 is 40.3 Å². The van der Waals surface area contributed by atoms with Crippen LogP contribution < -0.4 is 25.7 Å². The van der Waals surface area contributed by atoms with E-state index in [0.717, 1.165) is 18.2 Å². The number of fused-ring (bicyclic) bond motifs is 2. The first-order valence-electron chi connectivity index (χ1n) is 10.8. The van der Waals surface area contributed by atoms with E-state index in [0.29, 0.717) is 52.9 Å². The largest absolute Gasteiger partial charge is 0.490 e. The van der Waals surface area contributed by atoms with E-state index in [9.17, 15) is 19.5 Å². The minimum absolute atomic E-state index is 0.0795. The number of carbonyl (C=O) groups is 2. The van der Waals surface area contributed by atoms with E-state index in [1.807, 2.05) is 0 Å². The van der Waals surface area contributed by atoms with Crippen LogP contribution in [0.4, 0.5) is 10.5 Å². The lowest BCUT2D eigenvalue weighted by Crippen LogP contribution is -2.35. The van der Waals surface area contributed by atoms with Crippen LogP contribution in [0.15, 0.2) is 52.4 Å². The van der Waals surface area contributed by atoms with Gasteiger partial charge in [-0.2, -0.15) is 0 Å². The van der Waals surface area contributed by atoms with Crippen molar-refractivity contribution in [2.75, 3.05) is 30.9 Å². The number of hydrogen-bond donors (Lipinski definition) is 3. The summed E-state index contributed by atoms with van der Waals surface area (Å²) < 4.78 is 12.6. The molecule has 3 N–H and O–H groups in total. The maximum Gasteiger partial charge on any atom is 0.325 e. The lowest BCUT2D eigenvalue weighted by atomic mass is 10.2. The van der Waals surface area contributed by atoms with Gasteiger partial charge in [-0.25, -0.2) is 9.78 Å². The van der Waals surface area contributed by atoms with Crippen LogP contribution in [0.5, 0.6) is 11.5 Å². The highest BCUT2D eigenvalue weighted by Crippen LogP contribution is 2.32. The second kappa shape index (κ2) is 11.0. The number of aliphatic hydroxyl groups is 1. The highest BCUT2D eigenvalue weighted by atomic mass is 32.2. The number of thioether (sulfide) groups is 1. The molecule has 0 saturated carbocycles. The Balaban J connectivity index is 1.39. The maximum atomic E-state index is 12.8. The number of aliphatic hydroxyl groups excluding tert-OH is 1. The molecule has 0 aliphatic carbocycles. The van der Waals surface area contributed by atoms with E-state index in [4.69, 9.17) is 9.47 Å². The van der Waals surface area contributed by atoms with Crippen molar-refractivity contribution in [3.63, 3.8) is 0 Å². The fourth-order valence-electron chi connectivity index (χ4n) is 3.38. The Hall–Kier alpha value is -3.57. The van der Waals surface area contributed by atoms with E-state index in [2.05, 4.69) is 15.6 Å². The molecule has 3 aromatic rings. The molecule has 11 heteroatoms. The number of anilines is 1. The highest BCUT2D eigenvalue weighted by molar-refractivity contribution is 7.99. The summed E-state index contributed by atoms with van der Waals surface area (Å²) in [6.07, 6.45) is 1.14. The van der Waals surface area contributed by atoms with Gasteiger partial charge in [-0.3, -0.25) is 19.5 Å². The molecule has 0 bridgehead atoms. The fraction of sp³-hybridized carbons (Fsp3) is 0.304. The van der Waals surface area contributed by atoms with Crippen LogP contribution in [0, 0.1) is 0 Å². The molecular formula is C23H24N4O6S. The lowest BCUT2D eigenvalue weighted by Gasteiger charge is -2.13. The van der Waals surface area contributed by atoms with Crippen molar-refractivity contribution in [2.24, 2.45) is 0 Å². The minimum atomic E-state index is -0.691. The molecule has 178 valence electrons. The van der Waals surface area contributed by atoms with Crippen molar-refractivity contribution in [2.45, 2.75) is 24.5 Å². The summed E-state index contributed by atoms with van der Waals surface area (Å²) in [7, 11) is 0. The summed E-state index contributed by atoms with van der Waals surface area (Å²) in [4.78, 5) is 42.0. The summed E-state index contributed by atoms with van der Waals surface area (Å²) in [6.45, 7) is 1.27. The molecule has 34 heavy (non-hydrogen) atoms. The zero-order chi connectivity index (χ0) is 23.9. The number of carbonyl (C=O) groups excluding carboxylic acids is 2. The lowest BCUT2D eigenvalue weighted by molar-refractivity contribution is -0.117. The standard InChI is InChI=1S/C23H24N4O6S/c28-10-3-9-27-21(30)16-5-1-2-6-17(16)25-23(27)34-14-20(29)26-22(31)24-15-7-8-18-19(13-15)33-12-4-11-32-18/h1-2,5-8,13,28H,3-4,9-12,14H2,(H2,24,26,29,31). The molecule has 0 radical (unpaired) electrons. The van der Waals surface area contributed by atoms with Crippen LogP contribution in [0.1, 0.15) is 12.8 Å². The van der Waals surface area contributed by atoms with Gasteiger partial charge in [0.25, 0.3) is 5.56 Å². The summed E-state index contributed by atoms with van der Waals surface area (Å²) in [5, 5.41) is 14.8. The van der Waals surface area contributed by atoms with Crippen molar-refractivity contribution in [1.82, 2.24) is 14.9 Å². The average Bonchev–Trinajstić information content (AvgIpc) is 3.07. The molecule has 2 heterocycles. The van der Waals surface area contributed by atoms with Gasteiger partial charge in [0, 0.05) is 31.3 Å². The van der Waals surface area contributed by atoms with Gasteiger partial charge in [0.1, 0.15) is 0 Å². The van der Waals surface area contributed by atoms with Gasteiger partial charge in [-0.05, 0) is 30.7 Å². The molecule has 0 fully saturated rings. The van der Waals surface area contributed by atoms with Crippen molar-refractivity contribution < 1.29 is 24.2 Å². The van der Waals surface area contributed by atoms with Gasteiger partial charge in [0.15, 0.2) is 16.7 Å². The number of ether oxygens (including phenoxy) is 2. The molecule has 1 aliphatic rings. The third-order valence-corrected chi connectivity index (χ3v) is 5.93. The molecule has 0 unspecified atom stereocenters. The van der Waals surface area contributed by atoms with Crippen molar-refractivity contribution in [1.29, 1.82) is 0 Å². The molecule has 4 rings (SSSR count). The fourth-order valence-corrected chi connectivity index (χ4v) is 4.21. The zero-order valence-electron chi connectivity index (χ0n) is 18.3. The van der Waals surface area contributed by atoms with Gasteiger partial charge in [0.05, 0.1) is 29.9 Å². The van der Waals surface area contributed by atoms with Crippen LogP contribution in [0.25, 0.3) is 10.9 Å². The van der Waals surface area contributed by atoms with Crippen LogP contribution in [0.3, 0.4) is 0 Å². The number of para-hydroxylation sites is 1. The maximum absolute atomic E-state index is 12.8. The molecular weight excluding hydrogens is 460 g/mol. The van der Waals surface area contributed by atoms with Gasteiger partial charge in [0.2, 0.25) is 5.91 Å². The van der Waals surface area contributed by atoms with Gasteiger partial charge < -0.3 is 19.9 Å². The summed E-state index contributed by atoms with van der Waals surface area (Å²) >= 11 is 1.05. The highest BCUT2D eigenvalue weighted by Gasteiger charge is 2.16. The second-order valence-electron chi connectivity index (χ2n) is 7.45. The number of nitrogens with zero attached hydrogens (tertiary/aromatic N) is 2. The number of hydrogen-bond acceptors (Lipinski definition) is 8. The Bertz CT molecular complexity index is 1260. The van der Waals surface area contributed by atoms with E-state index >= 15 is 0 Å². The third-order valence-electron chi connectivity index (χ3n) is 4.96. The number of nitrogens with one attached hydrogen (secondary N) is 2. The summed E-state index contributed by atoms with van der Waals surface area (Å²) in [6, 6.07) is 11.2. The Morgan fingerprint density at radius 2 is 1.91 bits per heavy atom. The minimum Gasteiger partial charge on any atom is -0.490 e. The topological polar surface area (TPSA) is 132 Å². The number of aromatic nitrogens is 2. The number of rotatable bonds is 7. The first-order chi connectivity index (χ1) is 16.5. The van der Waals surface area contributed by atoms with Crippen molar-refractivity contribution in [3.05, 3.63) is 52.8 Å². The third kappa shape index (κ3) is 5.67. The zero-order valence-corrected chi connectivity index (χ0v) is 19.1. The van der Waals surface area contributed by atoms with Gasteiger partial charge in [-0.15, -0.1) is 0 Å². The Morgan fingerprint density at radius 3 is 2.74 bits per heavy atom. The van der Waals surface area contributed by atoms with Crippen LogP contribution in [-0.4, -0.2) is 52.2 Å². The predicted molar refractivity (Wildman–Crippen MR) is 128 cm³/mol. The molecule has 1 aromatic heterocycles.